The van der Waals surface area contributed by atoms with E-state index in [0.717, 1.165) is 24.1 Å². The molecule has 0 aliphatic carbocycles. The van der Waals surface area contributed by atoms with Crippen LogP contribution in [0.3, 0.4) is 0 Å². The van der Waals surface area contributed by atoms with Gasteiger partial charge in [-0.1, -0.05) is 13.0 Å². The zero-order chi connectivity index (χ0) is 12.8. The fraction of sp³-hybridized carbons (Fsp3) is 0.308. The van der Waals surface area contributed by atoms with E-state index in [1.165, 1.54) is 6.33 Å². The summed E-state index contributed by atoms with van der Waals surface area (Å²) in [5, 5.41) is 0. The summed E-state index contributed by atoms with van der Waals surface area (Å²) in [6.07, 6.45) is 4.69. The van der Waals surface area contributed by atoms with Gasteiger partial charge in [0.2, 0.25) is 5.88 Å². The minimum Gasteiger partial charge on any atom is -0.477 e. The molecule has 0 fully saturated rings. The Balaban J connectivity index is 1.96. The molecule has 0 unspecified atom stereocenters. The lowest BCUT2D eigenvalue weighted by Gasteiger charge is -2.09. The first kappa shape index (κ1) is 12.3. The summed E-state index contributed by atoms with van der Waals surface area (Å²) in [5.41, 5.74) is 7.63. The molecule has 0 saturated carbocycles. The predicted molar refractivity (Wildman–Crippen MR) is 69.3 cm³/mol. The summed E-state index contributed by atoms with van der Waals surface area (Å²) in [6, 6.07) is 5.82. The van der Waals surface area contributed by atoms with Crippen LogP contribution in [0, 0.1) is 0 Å². The van der Waals surface area contributed by atoms with Gasteiger partial charge in [-0.05, 0) is 18.6 Å². The molecule has 0 bridgehead atoms. The highest BCUT2D eigenvalue weighted by Crippen LogP contribution is 2.19. The van der Waals surface area contributed by atoms with Gasteiger partial charge in [-0.2, -0.15) is 0 Å². The molecule has 0 aliphatic rings. The van der Waals surface area contributed by atoms with Crippen molar-refractivity contribution >= 4 is 5.82 Å². The second-order valence-electron chi connectivity index (χ2n) is 3.82. The van der Waals surface area contributed by atoms with Crippen molar-refractivity contribution in [1.29, 1.82) is 0 Å². The Morgan fingerprint density at radius 1 is 1.22 bits per heavy atom. The average molecular weight is 244 g/mol. The fourth-order valence-electron chi connectivity index (χ4n) is 1.66. The molecule has 0 saturated heterocycles. The minimum atomic E-state index is 0.486. The van der Waals surface area contributed by atoms with Gasteiger partial charge in [-0.25, -0.2) is 9.97 Å². The van der Waals surface area contributed by atoms with E-state index in [9.17, 15) is 0 Å². The molecular formula is C13H16N4O. The van der Waals surface area contributed by atoms with Crippen molar-refractivity contribution in [3.63, 3.8) is 0 Å². The van der Waals surface area contributed by atoms with Crippen LogP contribution in [0.15, 0.2) is 30.7 Å². The van der Waals surface area contributed by atoms with E-state index in [2.05, 4.69) is 15.0 Å². The predicted octanol–water partition coefficient (Wildman–Crippen LogP) is 1.64. The van der Waals surface area contributed by atoms with E-state index >= 15 is 0 Å². The quantitative estimate of drug-likeness (QED) is 0.865. The summed E-state index contributed by atoms with van der Waals surface area (Å²) in [5.74, 6) is 1.06. The van der Waals surface area contributed by atoms with Crippen LogP contribution < -0.4 is 10.5 Å². The van der Waals surface area contributed by atoms with E-state index in [1.54, 1.807) is 6.20 Å². The van der Waals surface area contributed by atoms with Gasteiger partial charge in [0.25, 0.3) is 0 Å². The Labute approximate surface area is 106 Å². The molecule has 2 rings (SSSR count). The van der Waals surface area contributed by atoms with Crippen molar-refractivity contribution < 1.29 is 4.74 Å². The highest BCUT2D eigenvalue weighted by atomic mass is 16.5. The van der Waals surface area contributed by atoms with Gasteiger partial charge in [0.15, 0.2) is 0 Å². The van der Waals surface area contributed by atoms with Gasteiger partial charge in [0.05, 0.1) is 12.2 Å². The van der Waals surface area contributed by atoms with Crippen molar-refractivity contribution in [3.8, 4) is 5.88 Å². The number of hydrogen-bond donors (Lipinski definition) is 1. The summed E-state index contributed by atoms with van der Waals surface area (Å²) >= 11 is 0. The Bertz CT molecular complexity index is 502. The highest BCUT2D eigenvalue weighted by Gasteiger charge is 2.08. The monoisotopic (exact) mass is 244 g/mol. The topological polar surface area (TPSA) is 73.9 Å². The van der Waals surface area contributed by atoms with Gasteiger partial charge in [-0.15, -0.1) is 0 Å². The van der Waals surface area contributed by atoms with E-state index in [1.807, 2.05) is 25.1 Å². The molecule has 0 atom stereocenters. The van der Waals surface area contributed by atoms with Crippen LogP contribution in [0.25, 0.3) is 0 Å². The second-order valence-corrected chi connectivity index (χ2v) is 3.82. The number of nitrogens with zero attached hydrogens (tertiary/aromatic N) is 3. The van der Waals surface area contributed by atoms with Crippen molar-refractivity contribution in [3.05, 3.63) is 42.0 Å². The molecule has 0 aromatic carbocycles. The van der Waals surface area contributed by atoms with E-state index < -0.39 is 0 Å². The molecule has 2 aromatic heterocycles. The number of rotatable bonds is 5. The molecule has 2 aromatic rings. The lowest BCUT2D eigenvalue weighted by atomic mass is 10.2. The molecular weight excluding hydrogens is 228 g/mol. The Morgan fingerprint density at radius 2 is 2.11 bits per heavy atom. The van der Waals surface area contributed by atoms with Gasteiger partial charge in [0, 0.05) is 18.3 Å². The molecule has 2 N–H and O–H groups in total. The Morgan fingerprint density at radius 3 is 2.83 bits per heavy atom. The van der Waals surface area contributed by atoms with Crippen molar-refractivity contribution in [1.82, 2.24) is 15.0 Å². The molecule has 0 radical (unpaired) electrons. The zero-order valence-corrected chi connectivity index (χ0v) is 10.3. The number of hydrogen-bond acceptors (Lipinski definition) is 5. The summed E-state index contributed by atoms with van der Waals surface area (Å²) < 4.78 is 5.64. The molecule has 94 valence electrons. The molecule has 2 heterocycles. The van der Waals surface area contributed by atoms with Crippen molar-refractivity contribution in [2.24, 2.45) is 0 Å². The van der Waals surface area contributed by atoms with Crippen LogP contribution in [0.4, 0.5) is 5.82 Å². The molecule has 5 nitrogen and oxygen atoms in total. The van der Waals surface area contributed by atoms with Gasteiger partial charge in [-0.3, -0.25) is 4.98 Å². The van der Waals surface area contributed by atoms with Crippen LogP contribution in [0.1, 0.15) is 18.2 Å². The largest absolute Gasteiger partial charge is 0.477 e. The SMILES string of the molecule is CCc1c(N)ncnc1OCCc1ccccn1. The normalized spacial score (nSPS) is 10.3. The Kier molecular flexibility index (Phi) is 4.06. The van der Waals surface area contributed by atoms with Gasteiger partial charge in [0.1, 0.15) is 12.1 Å². The van der Waals surface area contributed by atoms with Crippen LogP contribution in [-0.4, -0.2) is 21.6 Å². The van der Waals surface area contributed by atoms with Crippen LogP contribution in [-0.2, 0) is 12.8 Å². The third-order valence-corrected chi connectivity index (χ3v) is 2.62. The maximum absolute atomic E-state index is 5.77. The smallest absolute Gasteiger partial charge is 0.221 e. The first-order chi connectivity index (χ1) is 8.81. The molecule has 5 heteroatoms. The van der Waals surface area contributed by atoms with Crippen LogP contribution in [0.2, 0.25) is 0 Å². The third-order valence-electron chi connectivity index (χ3n) is 2.62. The van der Waals surface area contributed by atoms with E-state index in [4.69, 9.17) is 10.5 Å². The average Bonchev–Trinajstić information content (AvgIpc) is 2.40. The summed E-state index contributed by atoms with van der Waals surface area (Å²) in [4.78, 5) is 12.3. The molecule has 0 spiro atoms. The zero-order valence-electron chi connectivity index (χ0n) is 10.3. The maximum Gasteiger partial charge on any atom is 0.221 e. The molecule has 0 aliphatic heterocycles. The van der Waals surface area contributed by atoms with E-state index in [-0.39, 0.29) is 0 Å². The second kappa shape index (κ2) is 5.95. The number of anilines is 1. The lowest BCUT2D eigenvalue weighted by molar-refractivity contribution is 0.304. The van der Waals surface area contributed by atoms with Crippen molar-refractivity contribution in [2.75, 3.05) is 12.3 Å². The number of pyridine rings is 1. The third kappa shape index (κ3) is 2.94. The number of ether oxygens (including phenoxy) is 1. The van der Waals surface area contributed by atoms with Crippen LogP contribution in [0.5, 0.6) is 5.88 Å². The number of nitrogens with two attached hydrogens (primary N) is 1. The van der Waals surface area contributed by atoms with Gasteiger partial charge >= 0.3 is 0 Å². The summed E-state index contributed by atoms with van der Waals surface area (Å²) in [6.45, 7) is 2.53. The minimum absolute atomic E-state index is 0.486. The first-order valence-electron chi connectivity index (χ1n) is 5.93. The molecule has 0 amide bonds. The summed E-state index contributed by atoms with van der Waals surface area (Å²) in [7, 11) is 0. The fourth-order valence-corrected chi connectivity index (χ4v) is 1.66. The first-order valence-corrected chi connectivity index (χ1v) is 5.93. The standard InChI is InChI=1S/C13H16N4O/c1-2-11-12(14)16-9-17-13(11)18-8-6-10-5-3-4-7-15-10/h3-5,7,9H,2,6,8H2,1H3,(H2,14,16,17). The van der Waals surface area contributed by atoms with Gasteiger partial charge < -0.3 is 10.5 Å². The van der Waals surface area contributed by atoms with Crippen LogP contribution >= 0.6 is 0 Å². The number of nitrogen functional groups attached to an aromatic ring is 1. The van der Waals surface area contributed by atoms with Crippen molar-refractivity contribution in [2.45, 2.75) is 19.8 Å². The Hall–Kier alpha value is -2.17. The van der Waals surface area contributed by atoms with E-state index in [0.29, 0.717) is 18.3 Å². The number of aromatic nitrogens is 3. The maximum atomic E-state index is 5.77. The lowest BCUT2D eigenvalue weighted by Crippen LogP contribution is -2.08. The highest BCUT2D eigenvalue weighted by molar-refractivity contribution is 5.44. The molecule has 18 heavy (non-hydrogen) atoms.